The van der Waals surface area contributed by atoms with Crippen LogP contribution in [0.2, 0.25) is 0 Å². The van der Waals surface area contributed by atoms with Crippen LogP contribution < -0.4 is 16.4 Å². The third kappa shape index (κ3) is 10.6. The molecule has 0 saturated carbocycles. The standard InChI is InChI=1S/C22H34N4O7/c1-5-18(23)24-10-6-7-14(20(30)31)25-19(29)15(26-21(32)33-22(2,3)4)11-13-8-9-16(27)17(28)12-13/h8-9,12,14-15,27-28H,5-7,10-11H2,1-4H3,(H2,23,24)(H,25,29)(H,26,32)(H,30,31)/t14-,15-/m0/s1. The van der Waals surface area contributed by atoms with Crippen molar-refractivity contribution in [3.05, 3.63) is 23.8 Å². The van der Waals surface area contributed by atoms with Gasteiger partial charge in [-0.3, -0.25) is 9.79 Å². The summed E-state index contributed by atoms with van der Waals surface area (Å²) in [6.45, 7) is 7.16. The zero-order valence-electron chi connectivity index (χ0n) is 19.4. The number of ether oxygens (including phenoxy) is 1. The number of carbonyl (C=O) groups is 3. The van der Waals surface area contributed by atoms with E-state index < -0.39 is 35.7 Å². The summed E-state index contributed by atoms with van der Waals surface area (Å²) in [5.41, 5.74) is 5.25. The summed E-state index contributed by atoms with van der Waals surface area (Å²) in [5.74, 6) is -2.23. The number of nitrogens with one attached hydrogen (secondary N) is 2. The number of hydrogen-bond acceptors (Lipinski definition) is 7. The molecule has 2 amide bonds. The summed E-state index contributed by atoms with van der Waals surface area (Å²) in [6.07, 6.45) is 0.142. The Labute approximate surface area is 193 Å². The van der Waals surface area contributed by atoms with Crippen molar-refractivity contribution in [3.63, 3.8) is 0 Å². The summed E-state index contributed by atoms with van der Waals surface area (Å²) in [6, 6.07) is 1.56. The van der Waals surface area contributed by atoms with Gasteiger partial charge in [0, 0.05) is 19.4 Å². The molecule has 0 bridgehead atoms. The predicted molar refractivity (Wildman–Crippen MR) is 122 cm³/mol. The number of rotatable bonds is 11. The molecule has 0 aliphatic rings. The number of aromatic hydroxyl groups is 2. The molecular formula is C22H34N4O7. The maximum atomic E-state index is 12.9. The number of aliphatic carboxylic acids is 1. The Morgan fingerprint density at radius 2 is 1.79 bits per heavy atom. The van der Waals surface area contributed by atoms with Gasteiger partial charge in [-0.25, -0.2) is 9.59 Å². The van der Waals surface area contributed by atoms with Crippen LogP contribution in [0.15, 0.2) is 23.2 Å². The van der Waals surface area contributed by atoms with Crippen LogP contribution in [-0.2, 0) is 20.7 Å². The number of amidine groups is 1. The van der Waals surface area contributed by atoms with Gasteiger partial charge in [-0.05, 0) is 51.3 Å². The van der Waals surface area contributed by atoms with Gasteiger partial charge in [-0.1, -0.05) is 13.0 Å². The summed E-state index contributed by atoms with van der Waals surface area (Å²) in [4.78, 5) is 40.9. The lowest BCUT2D eigenvalue weighted by Crippen LogP contribution is -2.53. The van der Waals surface area contributed by atoms with E-state index in [1.807, 2.05) is 6.92 Å². The number of aliphatic imine (C=N–C) groups is 1. The molecule has 184 valence electrons. The van der Waals surface area contributed by atoms with Crippen molar-refractivity contribution >= 4 is 23.8 Å². The first kappa shape index (κ1) is 27.5. The molecule has 1 rings (SSSR count). The Balaban J connectivity index is 2.95. The molecule has 0 aliphatic heterocycles. The Morgan fingerprint density at radius 3 is 2.33 bits per heavy atom. The minimum absolute atomic E-state index is 0.0808. The third-order valence-electron chi connectivity index (χ3n) is 4.43. The average Bonchev–Trinajstić information content (AvgIpc) is 2.70. The molecule has 2 atom stereocenters. The van der Waals surface area contributed by atoms with Crippen molar-refractivity contribution in [2.45, 2.75) is 71.1 Å². The van der Waals surface area contributed by atoms with Gasteiger partial charge in [0.05, 0.1) is 5.84 Å². The van der Waals surface area contributed by atoms with Crippen LogP contribution in [0.3, 0.4) is 0 Å². The number of amides is 2. The van der Waals surface area contributed by atoms with Gasteiger partial charge in [-0.2, -0.15) is 0 Å². The lowest BCUT2D eigenvalue weighted by molar-refractivity contribution is -0.142. The fourth-order valence-corrected chi connectivity index (χ4v) is 2.75. The van der Waals surface area contributed by atoms with E-state index in [0.717, 1.165) is 0 Å². The first-order valence-corrected chi connectivity index (χ1v) is 10.6. The molecular weight excluding hydrogens is 432 g/mol. The predicted octanol–water partition coefficient (Wildman–Crippen LogP) is 1.65. The van der Waals surface area contributed by atoms with E-state index in [-0.39, 0.29) is 24.3 Å². The highest BCUT2D eigenvalue weighted by atomic mass is 16.6. The zero-order valence-corrected chi connectivity index (χ0v) is 19.4. The monoisotopic (exact) mass is 466 g/mol. The fraction of sp³-hybridized carbons (Fsp3) is 0.545. The van der Waals surface area contributed by atoms with E-state index in [9.17, 15) is 29.7 Å². The molecule has 0 unspecified atom stereocenters. The van der Waals surface area contributed by atoms with Crippen molar-refractivity contribution in [2.75, 3.05) is 6.54 Å². The molecule has 0 saturated heterocycles. The zero-order chi connectivity index (χ0) is 25.2. The molecule has 1 aromatic rings. The quantitative estimate of drug-likeness (QED) is 0.123. The second-order valence-electron chi connectivity index (χ2n) is 8.49. The highest BCUT2D eigenvalue weighted by Crippen LogP contribution is 2.25. The number of carboxylic acid groups (broad SMARTS) is 1. The number of nitrogens with zero attached hydrogens (tertiary/aromatic N) is 1. The number of benzene rings is 1. The highest BCUT2D eigenvalue weighted by Gasteiger charge is 2.28. The summed E-state index contributed by atoms with van der Waals surface area (Å²) < 4.78 is 5.20. The van der Waals surface area contributed by atoms with E-state index in [0.29, 0.717) is 30.8 Å². The second-order valence-corrected chi connectivity index (χ2v) is 8.49. The minimum Gasteiger partial charge on any atom is -0.504 e. The van der Waals surface area contributed by atoms with Crippen molar-refractivity contribution in [1.82, 2.24) is 10.6 Å². The van der Waals surface area contributed by atoms with Gasteiger partial charge in [0.2, 0.25) is 5.91 Å². The van der Waals surface area contributed by atoms with Crippen LogP contribution in [0, 0.1) is 0 Å². The number of nitrogens with two attached hydrogens (primary N) is 1. The van der Waals surface area contributed by atoms with E-state index in [2.05, 4.69) is 15.6 Å². The van der Waals surface area contributed by atoms with Crippen LogP contribution in [-0.4, -0.2) is 63.4 Å². The molecule has 11 nitrogen and oxygen atoms in total. The number of carbonyl (C=O) groups excluding carboxylic acids is 2. The first-order chi connectivity index (χ1) is 15.3. The molecule has 0 spiro atoms. The molecule has 0 radical (unpaired) electrons. The number of carboxylic acids is 1. The van der Waals surface area contributed by atoms with E-state index in [1.54, 1.807) is 20.8 Å². The molecule has 0 fully saturated rings. The van der Waals surface area contributed by atoms with E-state index >= 15 is 0 Å². The number of alkyl carbamates (subject to hydrolysis) is 1. The molecule has 0 aliphatic carbocycles. The van der Waals surface area contributed by atoms with Crippen molar-refractivity contribution in [2.24, 2.45) is 10.7 Å². The molecule has 0 aromatic heterocycles. The Kier molecular flexibility index (Phi) is 10.4. The van der Waals surface area contributed by atoms with Gasteiger partial charge in [0.25, 0.3) is 0 Å². The molecule has 33 heavy (non-hydrogen) atoms. The topological polar surface area (TPSA) is 184 Å². The summed E-state index contributed by atoms with van der Waals surface area (Å²) in [7, 11) is 0. The SMILES string of the molecule is CCC(N)=NCCC[C@H](NC(=O)[C@H](Cc1ccc(O)c(O)c1)NC(=O)OC(C)(C)C)C(=O)O. The normalized spacial score (nSPS) is 13.6. The van der Waals surface area contributed by atoms with Gasteiger partial charge < -0.3 is 36.4 Å². The average molecular weight is 467 g/mol. The van der Waals surface area contributed by atoms with Gasteiger partial charge in [-0.15, -0.1) is 0 Å². The van der Waals surface area contributed by atoms with Gasteiger partial charge >= 0.3 is 12.1 Å². The van der Waals surface area contributed by atoms with Crippen LogP contribution in [0.25, 0.3) is 0 Å². The first-order valence-electron chi connectivity index (χ1n) is 10.6. The van der Waals surface area contributed by atoms with Crippen LogP contribution in [0.5, 0.6) is 11.5 Å². The van der Waals surface area contributed by atoms with Crippen molar-refractivity contribution in [3.8, 4) is 11.5 Å². The maximum Gasteiger partial charge on any atom is 0.408 e. The smallest absolute Gasteiger partial charge is 0.408 e. The van der Waals surface area contributed by atoms with Crippen molar-refractivity contribution in [1.29, 1.82) is 0 Å². The Hall–Kier alpha value is -3.50. The maximum absolute atomic E-state index is 12.9. The Morgan fingerprint density at radius 1 is 1.12 bits per heavy atom. The molecule has 1 aromatic carbocycles. The van der Waals surface area contributed by atoms with Crippen LogP contribution in [0.4, 0.5) is 4.79 Å². The molecule has 7 N–H and O–H groups in total. The highest BCUT2D eigenvalue weighted by molar-refractivity contribution is 5.89. The lowest BCUT2D eigenvalue weighted by atomic mass is 10.0. The van der Waals surface area contributed by atoms with Gasteiger partial charge in [0.1, 0.15) is 17.7 Å². The van der Waals surface area contributed by atoms with E-state index in [4.69, 9.17) is 10.5 Å². The summed E-state index contributed by atoms with van der Waals surface area (Å²) in [5, 5.41) is 33.6. The number of phenols is 2. The fourth-order valence-electron chi connectivity index (χ4n) is 2.75. The molecule has 11 heteroatoms. The van der Waals surface area contributed by atoms with Gasteiger partial charge in [0.15, 0.2) is 11.5 Å². The van der Waals surface area contributed by atoms with E-state index in [1.165, 1.54) is 18.2 Å². The van der Waals surface area contributed by atoms with Crippen LogP contribution >= 0.6 is 0 Å². The Bertz CT molecular complexity index is 865. The summed E-state index contributed by atoms with van der Waals surface area (Å²) >= 11 is 0. The van der Waals surface area contributed by atoms with Crippen molar-refractivity contribution < 1.29 is 34.4 Å². The second kappa shape index (κ2) is 12.5. The lowest BCUT2D eigenvalue weighted by Gasteiger charge is -2.24. The van der Waals surface area contributed by atoms with Crippen LogP contribution in [0.1, 0.15) is 52.5 Å². The third-order valence-corrected chi connectivity index (χ3v) is 4.43. The number of phenolic OH excluding ortho intramolecular Hbond substituents is 2. The number of hydrogen-bond donors (Lipinski definition) is 6. The minimum atomic E-state index is -1.23. The molecule has 0 heterocycles. The largest absolute Gasteiger partial charge is 0.504 e.